The molecule has 1 aromatic heterocycles. The van der Waals surface area contributed by atoms with E-state index in [4.69, 9.17) is 0 Å². The van der Waals surface area contributed by atoms with Gasteiger partial charge in [-0.3, -0.25) is 0 Å². The molecule has 0 aliphatic heterocycles. The minimum atomic E-state index is 0.859. The first-order valence-electron chi connectivity index (χ1n) is 1.71. The Morgan fingerprint density at radius 3 is 2.71 bits per heavy atom. The van der Waals surface area contributed by atoms with Crippen molar-refractivity contribution in [2.75, 3.05) is 0 Å². The van der Waals surface area contributed by atoms with Gasteiger partial charge in [0.2, 0.25) is 0 Å². The van der Waals surface area contributed by atoms with Crippen molar-refractivity contribution < 1.29 is 0 Å². The predicted octanol–water partition coefficient (Wildman–Crippen LogP) is 2.09. The fourth-order valence-electron chi connectivity index (χ4n) is 0.257. The van der Waals surface area contributed by atoms with Crippen molar-refractivity contribution in [3.8, 4) is 0 Å². The van der Waals surface area contributed by atoms with E-state index < -0.39 is 0 Å². The van der Waals surface area contributed by atoms with Crippen molar-refractivity contribution in [2.45, 2.75) is 0 Å². The Morgan fingerprint density at radius 1 is 1.86 bits per heavy atom. The van der Waals surface area contributed by atoms with Gasteiger partial charge in [0.15, 0.2) is 0 Å². The molecule has 1 aromatic rings. The molecule has 0 amide bonds. The van der Waals surface area contributed by atoms with E-state index in [2.05, 4.69) is 27.8 Å². The molecule has 7 heavy (non-hydrogen) atoms. The van der Waals surface area contributed by atoms with Crippen molar-refractivity contribution >= 4 is 27.3 Å². The third-order valence-corrected chi connectivity index (χ3v) is 2.23. The fraction of sp³-hybridized carbons (Fsp3) is 0. The molecule has 0 aliphatic rings. The van der Waals surface area contributed by atoms with Gasteiger partial charge in [-0.05, 0) is 22.9 Å². The second-order valence-electron chi connectivity index (χ2n) is 1.07. The van der Waals surface area contributed by atoms with E-state index in [0.29, 0.717) is 0 Å². The van der Waals surface area contributed by atoms with Crippen LogP contribution in [0.5, 0.6) is 0 Å². The molecule has 1 heterocycles. The molecule has 1 nitrogen and oxygen atoms in total. The maximum absolute atomic E-state index is 3.89. The number of halogens is 1. The standard InChI is InChI=1S/C4H3BrNS/c1-3-4(5)6-2-7-3/h2H,1H2. The zero-order valence-electron chi connectivity index (χ0n) is 3.52. The summed E-state index contributed by atoms with van der Waals surface area (Å²) in [5, 5.41) is 0. The van der Waals surface area contributed by atoms with E-state index in [9.17, 15) is 0 Å². The smallest absolute Gasteiger partial charge is 0.120 e. The molecule has 0 saturated heterocycles. The molecule has 0 aromatic carbocycles. The van der Waals surface area contributed by atoms with E-state index in [1.807, 2.05) is 0 Å². The van der Waals surface area contributed by atoms with Gasteiger partial charge in [0, 0.05) is 4.88 Å². The van der Waals surface area contributed by atoms with Crippen LogP contribution in [0.15, 0.2) is 10.1 Å². The SMILES string of the molecule is [CH2]c1scnc1Br. The lowest BCUT2D eigenvalue weighted by Gasteiger charge is -1.74. The van der Waals surface area contributed by atoms with Gasteiger partial charge in [-0.25, -0.2) is 4.98 Å². The van der Waals surface area contributed by atoms with Crippen molar-refractivity contribution in [3.05, 3.63) is 21.9 Å². The Kier molecular flexibility index (Phi) is 1.44. The first-order chi connectivity index (χ1) is 3.30. The van der Waals surface area contributed by atoms with Gasteiger partial charge in [0.1, 0.15) is 4.60 Å². The maximum atomic E-state index is 3.89. The largest absolute Gasteiger partial charge is 0.237 e. The average molecular weight is 177 g/mol. The Labute approximate surface area is 54.5 Å². The summed E-state index contributed by atoms with van der Waals surface area (Å²) in [6.45, 7) is 3.69. The number of hydrogen-bond donors (Lipinski definition) is 0. The van der Waals surface area contributed by atoms with Gasteiger partial charge in [0.05, 0.1) is 5.51 Å². The summed E-state index contributed by atoms with van der Waals surface area (Å²) in [5.41, 5.74) is 1.76. The van der Waals surface area contributed by atoms with Crippen molar-refractivity contribution in [3.63, 3.8) is 0 Å². The first kappa shape index (κ1) is 5.25. The topological polar surface area (TPSA) is 12.9 Å². The highest BCUT2D eigenvalue weighted by atomic mass is 79.9. The summed E-state index contributed by atoms with van der Waals surface area (Å²) >= 11 is 4.74. The molecule has 0 atom stereocenters. The Hall–Kier alpha value is 0.110. The highest BCUT2D eigenvalue weighted by Crippen LogP contribution is 2.16. The number of aromatic nitrogens is 1. The van der Waals surface area contributed by atoms with Gasteiger partial charge in [0.25, 0.3) is 0 Å². The molecule has 0 fully saturated rings. The van der Waals surface area contributed by atoms with Crippen molar-refractivity contribution in [2.24, 2.45) is 0 Å². The number of thiazole rings is 1. The lowest BCUT2D eigenvalue weighted by Crippen LogP contribution is -1.60. The van der Waals surface area contributed by atoms with Gasteiger partial charge in [-0.1, -0.05) is 0 Å². The van der Waals surface area contributed by atoms with E-state index in [-0.39, 0.29) is 0 Å². The second-order valence-corrected chi connectivity index (χ2v) is 2.76. The van der Waals surface area contributed by atoms with Gasteiger partial charge < -0.3 is 0 Å². The summed E-state index contributed by atoms with van der Waals surface area (Å²) in [4.78, 5) is 4.88. The van der Waals surface area contributed by atoms with E-state index in [1.54, 1.807) is 5.51 Å². The van der Waals surface area contributed by atoms with Crippen LogP contribution in [-0.2, 0) is 0 Å². The third kappa shape index (κ3) is 1.01. The lowest BCUT2D eigenvalue weighted by atomic mass is 10.7. The quantitative estimate of drug-likeness (QED) is 0.591. The summed E-state index contributed by atoms with van der Waals surface area (Å²) in [5.74, 6) is 0. The molecule has 3 heteroatoms. The fourth-order valence-corrected chi connectivity index (χ4v) is 1.21. The second kappa shape index (κ2) is 1.92. The first-order valence-corrected chi connectivity index (χ1v) is 3.39. The van der Waals surface area contributed by atoms with Gasteiger partial charge in [-0.2, -0.15) is 0 Å². The zero-order chi connectivity index (χ0) is 5.28. The van der Waals surface area contributed by atoms with Gasteiger partial charge >= 0.3 is 0 Å². The molecule has 37 valence electrons. The summed E-state index contributed by atoms with van der Waals surface area (Å²) in [7, 11) is 0. The van der Waals surface area contributed by atoms with E-state index in [0.717, 1.165) is 9.48 Å². The normalized spacial score (nSPS) is 9.43. The monoisotopic (exact) mass is 176 g/mol. The van der Waals surface area contributed by atoms with Crippen LogP contribution in [0, 0.1) is 6.92 Å². The summed E-state index contributed by atoms with van der Waals surface area (Å²) in [6, 6.07) is 0. The predicted molar refractivity (Wildman–Crippen MR) is 34.3 cm³/mol. The number of nitrogens with zero attached hydrogens (tertiary/aromatic N) is 1. The summed E-state index contributed by atoms with van der Waals surface area (Å²) < 4.78 is 0.859. The molecule has 0 bridgehead atoms. The minimum Gasteiger partial charge on any atom is -0.237 e. The van der Waals surface area contributed by atoms with Crippen LogP contribution in [-0.4, -0.2) is 4.98 Å². The Morgan fingerprint density at radius 2 is 2.57 bits per heavy atom. The summed E-state index contributed by atoms with van der Waals surface area (Å²) in [6.07, 6.45) is 0. The van der Waals surface area contributed by atoms with Crippen LogP contribution in [0.4, 0.5) is 0 Å². The molecule has 1 radical (unpaired) electrons. The van der Waals surface area contributed by atoms with Crippen molar-refractivity contribution in [1.29, 1.82) is 0 Å². The van der Waals surface area contributed by atoms with Crippen LogP contribution in [0.1, 0.15) is 4.88 Å². The third-order valence-electron chi connectivity index (χ3n) is 0.591. The van der Waals surface area contributed by atoms with Crippen LogP contribution in [0.3, 0.4) is 0 Å². The van der Waals surface area contributed by atoms with E-state index >= 15 is 0 Å². The molecule has 0 saturated carbocycles. The molecule has 0 N–H and O–H groups in total. The van der Waals surface area contributed by atoms with Crippen LogP contribution in [0.25, 0.3) is 0 Å². The number of rotatable bonds is 0. The van der Waals surface area contributed by atoms with Crippen molar-refractivity contribution in [1.82, 2.24) is 4.98 Å². The lowest BCUT2D eigenvalue weighted by molar-refractivity contribution is 1.35. The Bertz CT molecular complexity index is 144. The molecule has 1 rings (SSSR count). The Balaban J connectivity index is 3.12. The molecule has 0 spiro atoms. The van der Waals surface area contributed by atoms with Crippen LogP contribution >= 0.6 is 27.3 Å². The highest BCUT2D eigenvalue weighted by Gasteiger charge is 1.91. The molecule has 0 aliphatic carbocycles. The van der Waals surface area contributed by atoms with Crippen LogP contribution in [0.2, 0.25) is 0 Å². The zero-order valence-corrected chi connectivity index (χ0v) is 5.92. The molecule has 0 unspecified atom stereocenters. The molecular weight excluding hydrogens is 174 g/mol. The maximum Gasteiger partial charge on any atom is 0.120 e. The van der Waals surface area contributed by atoms with Gasteiger partial charge in [-0.15, -0.1) is 11.3 Å². The molecular formula is C4H3BrNS. The average Bonchev–Trinajstić information content (AvgIpc) is 1.91. The van der Waals surface area contributed by atoms with Crippen LogP contribution < -0.4 is 0 Å². The minimum absolute atomic E-state index is 0.859. The number of hydrogen-bond acceptors (Lipinski definition) is 2. The van der Waals surface area contributed by atoms with E-state index in [1.165, 1.54) is 11.3 Å². The highest BCUT2D eigenvalue weighted by molar-refractivity contribution is 9.10.